The summed E-state index contributed by atoms with van der Waals surface area (Å²) in [6.07, 6.45) is 0. The predicted molar refractivity (Wildman–Crippen MR) is 98.8 cm³/mol. The molecule has 24 heavy (non-hydrogen) atoms. The van der Waals surface area contributed by atoms with Gasteiger partial charge in [-0.2, -0.15) is 0 Å². The third kappa shape index (κ3) is 2.74. The summed E-state index contributed by atoms with van der Waals surface area (Å²) in [4.78, 5) is 17.4. The Hall–Kier alpha value is -2.11. The lowest BCUT2D eigenvalue weighted by Crippen LogP contribution is -2.45. The number of nitrogens with one attached hydrogen (secondary N) is 1. The molecule has 4 rings (SSSR count). The van der Waals surface area contributed by atoms with Crippen LogP contribution in [-0.2, 0) is 0 Å². The molecule has 2 aromatic heterocycles. The van der Waals surface area contributed by atoms with Crippen LogP contribution in [0.25, 0.3) is 22.3 Å². The largest absolute Gasteiger partial charge is 0.353 e. The number of aryl methyl sites for hydroxylation is 1. The first-order valence-electron chi connectivity index (χ1n) is 8.17. The minimum Gasteiger partial charge on any atom is -0.353 e. The fourth-order valence-electron chi connectivity index (χ4n) is 3.19. The molecule has 3 heterocycles. The number of fused-ring (bicyclic) bond motifs is 1. The Morgan fingerprint density at radius 1 is 1.08 bits per heavy atom. The van der Waals surface area contributed by atoms with Gasteiger partial charge >= 0.3 is 0 Å². The highest BCUT2D eigenvalue weighted by atomic mass is 35.5. The van der Waals surface area contributed by atoms with Gasteiger partial charge in [0.05, 0.1) is 5.39 Å². The Morgan fingerprint density at radius 3 is 2.58 bits per heavy atom. The van der Waals surface area contributed by atoms with Crippen LogP contribution in [0, 0.1) is 6.92 Å². The normalized spacial score (nSPS) is 16.0. The summed E-state index contributed by atoms with van der Waals surface area (Å²) in [6.45, 7) is 6.00. The second-order valence-electron chi connectivity index (χ2n) is 6.31. The fraction of sp³-hybridized carbons (Fsp3) is 0.333. The molecular weight excluding hydrogens is 322 g/mol. The maximum absolute atomic E-state index is 6.35. The molecule has 0 aliphatic carbocycles. The van der Waals surface area contributed by atoms with Gasteiger partial charge in [-0.15, -0.1) is 0 Å². The SMILES string of the molecule is Cc1nc(N2CCN(C)CC2)c2cc(-c3ccccc3Cl)[nH]c2n1. The minimum absolute atomic E-state index is 0.731. The number of aromatic nitrogens is 3. The molecule has 1 aliphatic heterocycles. The zero-order valence-corrected chi connectivity index (χ0v) is 14.6. The van der Waals surface area contributed by atoms with E-state index in [4.69, 9.17) is 16.6 Å². The highest BCUT2D eigenvalue weighted by Gasteiger charge is 2.20. The molecule has 0 spiro atoms. The number of benzene rings is 1. The summed E-state index contributed by atoms with van der Waals surface area (Å²) >= 11 is 6.35. The van der Waals surface area contributed by atoms with Crippen molar-refractivity contribution in [1.29, 1.82) is 0 Å². The van der Waals surface area contributed by atoms with Crippen LogP contribution in [0.3, 0.4) is 0 Å². The molecule has 0 radical (unpaired) electrons. The second kappa shape index (κ2) is 6.07. The molecule has 1 N–H and O–H groups in total. The summed E-state index contributed by atoms with van der Waals surface area (Å²) in [7, 11) is 2.16. The lowest BCUT2D eigenvalue weighted by molar-refractivity contribution is 0.312. The molecule has 0 atom stereocenters. The average Bonchev–Trinajstić information content (AvgIpc) is 2.99. The van der Waals surface area contributed by atoms with Crippen LogP contribution in [0.4, 0.5) is 5.82 Å². The van der Waals surface area contributed by atoms with Crippen molar-refractivity contribution in [2.75, 3.05) is 38.1 Å². The molecule has 1 aliphatic rings. The van der Waals surface area contributed by atoms with E-state index in [9.17, 15) is 0 Å². The Bertz CT molecular complexity index is 880. The summed E-state index contributed by atoms with van der Waals surface area (Å²) in [6, 6.07) is 9.96. The van der Waals surface area contributed by atoms with Crippen molar-refractivity contribution in [3.05, 3.63) is 41.2 Å². The summed E-state index contributed by atoms with van der Waals surface area (Å²) < 4.78 is 0. The lowest BCUT2D eigenvalue weighted by Gasteiger charge is -2.33. The van der Waals surface area contributed by atoms with E-state index in [1.165, 1.54) is 0 Å². The van der Waals surface area contributed by atoms with Gasteiger partial charge in [0, 0.05) is 42.5 Å². The van der Waals surface area contributed by atoms with Gasteiger partial charge in [-0.05, 0) is 26.1 Å². The van der Waals surface area contributed by atoms with E-state index in [0.29, 0.717) is 0 Å². The van der Waals surface area contributed by atoms with Gasteiger partial charge in [0.15, 0.2) is 0 Å². The predicted octanol–water partition coefficient (Wildman–Crippen LogP) is 3.34. The fourth-order valence-corrected chi connectivity index (χ4v) is 3.42. The number of likely N-dealkylation sites (N-methyl/N-ethyl adjacent to an activating group) is 1. The van der Waals surface area contributed by atoms with E-state index >= 15 is 0 Å². The maximum Gasteiger partial charge on any atom is 0.143 e. The highest BCUT2D eigenvalue weighted by Crippen LogP contribution is 2.32. The number of piperazine rings is 1. The van der Waals surface area contributed by atoms with Crippen molar-refractivity contribution >= 4 is 28.5 Å². The van der Waals surface area contributed by atoms with Crippen molar-refractivity contribution in [3.63, 3.8) is 0 Å². The van der Waals surface area contributed by atoms with Crippen LogP contribution in [-0.4, -0.2) is 53.1 Å². The average molecular weight is 342 g/mol. The van der Waals surface area contributed by atoms with E-state index in [0.717, 1.165) is 65.1 Å². The zero-order valence-electron chi connectivity index (χ0n) is 13.9. The number of nitrogens with zero attached hydrogens (tertiary/aromatic N) is 4. The highest BCUT2D eigenvalue weighted by molar-refractivity contribution is 6.33. The van der Waals surface area contributed by atoms with Crippen LogP contribution in [0.1, 0.15) is 5.82 Å². The van der Waals surface area contributed by atoms with Gasteiger partial charge in [0.2, 0.25) is 0 Å². The van der Waals surface area contributed by atoms with Gasteiger partial charge < -0.3 is 14.8 Å². The molecule has 1 saturated heterocycles. The van der Waals surface area contributed by atoms with E-state index in [1.54, 1.807) is 0 Å². The Balaban J connectivity index is 1.82. The summed E-state index contributed by atoms with van der Waals surface area (Å²) in [5, 5.41) is 1.79. The first-order chi connectivity index (χ1) is 11.6. The first-order valence-corrected chi connectivity index (χ1v) is 8.55. The van der Waals surface area contributed by atoms with Crippen LogP contribution < -0.4 is 4.90 Å². The lowest BCUT2D eigenvalue weighted by atomic mass is 10.1. The van der Waals surface area contributed by atoms with Gasteiger partial charge in [0.1, 0.15) is 17.3 Å². The van der Waals surface area contributed by atoms with E-state index in [2.05, 4.69) is 32.9 Å². The molecule has 3 aromatic rings. The maximum atomic E-state index is 6.35. The number of H-pyrrole nitrogens is 1. The van der Waals surface area contributed by atoms with E-state index in [-0.39, 0.29) is 0 Å². The van der Waals surface area contributed by atoms with Gasteiger partial charge in [-0.1, -0.05) is 29.8 Å². The second-order valence-corrected chi connectivity index (χ2v) is 6.72. The molecule has 124 valence electrons. The van der Waals surface area contributed by atoms with Crippen molar-refractivity contribution in [2.45, 2.75) is 6.92 Å². The molecule has 0 saturated carbocycles. The smallest absolute Gasteiger partial charge is 0.143 e. The van der Waals surface area contributed by atoms with E-state index in [1.807, 2.05) is 31.2 Å². The van der Waals surface area contributed by atoms with Crippen molar-refractivity contribution < 1.29 is 0 Å². The standard InChI is InChI=1S/C18H20ClN5/c1-12-20-17-14(18(21-12)24-9-7-23(2)8-10-24)11-16(22-17)13-5-3-4-6-15(13)19/h3-6,11H,7-10H2,1-2H3,(H,20,21,22). The molecule has 1 fully saturated rings. The van der Waals surface area contributed by atoms with Crippen molar-refractivity contribution in [2.24, 2.45) is 0 Å². The zero-order chi connectivity index (χ0) is 16.7. The van der Waals surface area contributed by atoms with Crippen molar-refractivity contribution in [3.8, 4) is 11.3 Å². The van der Waals surface area contributed by atoms with Crippen LogP contribution in [0.15, 0.2) is 30.3 Å². The quantitative estimate of drug-likeness (QED) is 0.776. The van der Waals surface area contributed by atoms with Crippen LogP contribution >= 0.6 is 11.6 Å². The van der Waals surface area contributed by atoms with Gasteiger partial charge in [-0.25, -0.2) is 9.97 Å². The molecule has 0 bridgehead atoms. The molecule has 1 aromatic carbocycles. The topological polar surface area (TPSA) is 48.1 Å². The molecule has 0 amide bonds. The summed E-state index contributed by atoms with van der Waals surface area (Å²) in [5.41, 5.74) is 2.83. The molecule has 5 nitrogen and oxygen atoms in total. The Morgan fingerprint density at radius 2 is 1.83 bits per heavy atom. The van der Waals surface area contributed by atoms with Crippen molar-refractivity contribution in [1.82, 2.24) is 19.9 Å². The number of hydrogen-bond acceptors (Lipinski definition) is 4. The third-order valence-electron chi connectivity index (χ3n) is 4.55. The molecule has 0 unspecified atom stereocenters. The first kappa shape index (κ1) is 15.4. The number of anilines is 1. The van der Waals surface area contributed by atoms with E-state index < -0.39 is 0 Å². The number of aromatic amines is 1. The van der Waals surface area contributed by atoms with Gasteiger partial charge in [0.25, 0.3) is 0 Å². The molecule has 6 heteroatoms. The minimum atomic E-state index is 0.731. The third-order valence-corrected chi connectivity index (χ3v) is 4.88. The molecular formula is C18H20ClN5. The number of rotatable bonds is 2. The van der Waals surface area contributed by atoms with Crippen LogP contribution in [0.5, 0.6) is 0 Å². The number of hydrogen-bond donors (Lipinski definition) is 1. The Kier molecular flexibility index (Phi) is 3.90. The Labute approximate surface area is 146 Å². The van der Waals surface area contributed by atoms with Gasteiger partial charge in [-0.3, -0.25) is 0 Å². The van der Waals surface area contributed by atoms with Crippen LogP contribution in [0.2, 0.25) is 5.02 Å². The monoisotopic (exact) mass is 341 g/mol. The summed E-state index contributed by atoms with van der Waals surface area (Å²) in [5.74, 6) is 1.80. The number of halogens is 1.